The molecule has 2 aliphatic heterocycles. The molecule has 6 nitrogen and oxygen atoms in total. The van der Waals surface area contributed by atoms with E-state index in [1.54, 1.807) is 12.1 Å². The van der Waals surface area contributed by atoms with Gasteiger partial charge in [-0.05, 0) is 53.4 Å². The standard InChI is InChI=1S/C35H37F5N2O4/c1-34(2)13-23-14-35(3,17-34)18-42(23)15-24-12-25(20-6-4-19(16-43)5-7-20)46-33(45-24)21-8-10-22(11-9-21)41-32(44)26-27(36)29(38)31(40)30(39)28(26)37/h4-11,23-25,33,43H,12-18H2,1-3H3,(H,41,44)/t23?,24-,25+,33+,35?/m0/s1. The molecular formula is C35H37F5N2O4. The van der Waals surface area contributed by atoms with E-state index in [-0.39, 0.29) is 35.3 Å². The van der Waals surface area contributed by atoms with Crippen LogP contribution in [0, 0.1) is 39.9 Å². The number of carbonyl (C=O) groups is 1. The maximum absolute atomic E-state index is 14.2. The van der Waals surface area contributed by atoms with Crippen LogP contribution in [0.2, 0.25) is 0 Å². The maximum Gasteiger partial charge on any atom is 0.261 e. The number of amides is 1. The third-order valence-electron chi connectivity index (χ3n) is 9.45. The van der Waals surface area contributed by atoms with Crippen LogP contribution in [-0.4, -0.2) is 41.1 Å². The Bertz CT molecular complexity index is 1590. The molecule has 2 unspecified atom stereocenters. The van der Waals surface area contributed by atoms with Gasteiger partial charge in [-0.3, -0.25) is 9.69 Å². The summed E-state index contributed by atoms with van der Waals surface area (Å²) in [5.41, 5.74) is 1.37. The number of ether oxygens (including phenoxy) is 2. The van der Waals surface area contributed by atoms with Crippen molar-refractivity contribution in [2.75, 3.05) is 18.4 Å². The van der Waals surface area contributed by atoms with Crippen LogP contribution < -0.4 is 5.32 Å². The minimum Gasteiger partial charge on any atom is -0.392 e. The van der Waals surface area contributed by atoms with Crippen molar-refractivity contribution in [3.8, 4) is 0 Å². The van der Waals surface area contributed by atoms with Crippen molar-refractivity contribution in [3.63, 3.8) is 0 Å². The number of hydrogen-bond acceptors (Lipinski definition) is 5. The van der Waals surface area contributed by atoms with Gasteiger partial charge in [0.15, 0.2) is 29.6 Å². The van der Waals surface area contributed by atoms with Crippen molar-refractivity contribution in [3.05, 3.63) is 99.9 Å². The van der Waals surface area contributed by atoms with Gasteiger partial charge in [-0.25, -0.2) is 22.0 Å². The van der Waals surface area contributed by atoms with Gasteiger partial charge in [0.05, 0.1) is 18.8 Å². The van der Waals surface area contributed by atoms with E-state index in [0.29, 0.717) is 18.0 Å². The second-order valence-corrected chi connectivity index (χ2v) is 14.0. The van der Waals surface area contributed by atoms with Crippen LogP contribution in [0.15, 0.2) is 48.5 Å². The zero-order valence-electron chi connectivity index (χ0n) is 25.9. The fraction of sp³-hybridized carbons (Fsp3) is 0.457. The molecule has 246 valence electrons. The topological polar surface area (TPSA) is 71.0 Å². The first kappa shape index (κ1) is 32.6. The van der Waals surface area contributed by atoms with Crippen LogP contribution in [0.1, 0.15) is 85.9 Å². The van der Waals surface area contributed by atoms with Gasteiger partial charge >= 0.3 is 0 Å². The summed E-state index contributed by atoms with van der Waals surface area (Å²) in [6.45, 7) is 8.70. The minimum absolute atomic E-state index is 0.0706. The molecule has 1 aliphatic carbocycles. The zero-order chi connectivity index (χ0) is 33.0. The molecule has 0 radical (unpaired) electrons. The number of likely N-dealkylation sites (tertiary alicyclic amines) is 1. The van der Waals surface area contributed by atoms with Gasteiger partial charge < -0.3 is 19.9 Å². The molecule has 2 N–H and O–H groups in total. The van der Waals surface area contributed by atoms with Crippen molar-refractivity contribution < 1.29 is 41.3 Å². The highest BCUT2D eigenvalue weighted by molar-refractivity contribution is 6.04. The maximum atomic E-state index is 14.2. The quantitative estimate of drug-likeness (QED) is 0.158. The van der Waals surface area contributed by atoms with Gasteiger partial charge in [-0.2, -0.15) is 0 Å². The predicted molar refractivity (Wildman–Crippen MR) is 160 cm³/mol. The average molecular weight is 645 g/mol. The molecule has 3 fully saturated rings. The van der Waals surface area contributed by atoms with Crippen LogP contribution in [0.4, 0.5) is 27.6 Å². The first-order valence-corrected chi connectivity index (χ1v) is 15.4. The highest BCUT2D eigenvalue weighted by Gasteiger charge is 2.50. The molecule has 2 saturated heterocycles. The number of benzene rings is 3. The number of hydrogen-bond donors (Lipinski definition) is 2. The Labute approximate surface area is 264 Å². The fourth-order valence-electron chi connectivity index (χ4n) is 7.81. The minimum atomic E-state index is -2.34. The fourth-order valence-corrected chi connectivity index (χ4v) is 7.81. The summed E-state index contributed by atoms with van der Waals surface area (Å²) in [5, 5.41) is 11.7. The Balaban J connectivity index is 1.21. The molecule has 46 heavy (non-hydrogen) atoms. The Kier molecular flexibility index (Phi) is 8.73. The lowest BCUT2D eigenvalue weighted by atomic mass is 9.65. The molecule has 0 aromatic heterocycles. The van der Waals surface area contributed by atoms with E-state index >= 15 is 0 Å². The van der Waals surface area contributed by atoms with Gasteiger partial charge in [0.25, 0.3) is 5.91 Å². The molecule has 3 aromatic rings. The second-order valence-electron chi connectivity index (χ2n) is 14.0. The Morgan fingerprint density at radius 2 is 1.48 bits per heavy atom. The van der Waals surface area contributed by atoms with Crippen molar-refractivity contribution in [1.29, 1.82) is 0 Å². The van der Waals surface area contributed by atoms with E-state index < -0.39 is 46.8 Å². The number of carbonyl (C=O) groups excluding carboxylic acids is 1. The first-order valence-electron chi connectivity index (χ1n) is 15.4. The SMILES string of the molecule is CC1(C)CC2CC(C)(CN2C[C@@H]2C[C@H](c3ccc(CO)cc3)O[C@H](c3ccc(NC(=O)c4c(F)c(F)c(F)c(F)c4F)cc3)O2)C1. The second kappa shape index (κ2) is 12.3. The lowest BCUT2D eigenvalue weighted by Gasteiger charge is -2.41. The molecule has 3 aromatic carbocycles. The normalized spacial score (nSPS) is 27.5. The number of aliphatic hydroxyl groups excluding tert-OH is 1. The molecule has 3 aliphatic rings. The van der Waals surface area contributed by atoms with E-state index in [4.69, 9.17) is 9.47 Å². The molecule has 0 spiro atoms. The summed E-state index contributed by atoms with van der Waals surface area (Å²) in [4.78, 5) is 15.1. The monoisotopic (exact) mass is 644 g/mol. The van der Waals surface area contributed by atoms with E-state index in [2.05, 4.69) is 31.0 Å². The van der Waals surface area contributed by atoms with E-state index in [1.165, 1.54) is 18.6 Å². The highest BCUT2D eigenvalue weighted by Crippen LogP contribution is 2.53. The summed E-state index contributed by atoms with van der Waals surface area (Å²) in [5.74, 6) is -12.6. The van der Waals surface area contributed by atoms with E-state index in [1.807, 2.05) is 24.3 Å². The van der Waals surface area contributed by atoms with E-state index in [9.17, 15) is 31.9 Å². The largest absolute Gasteiger partial charge is 0.392 e. The summed E-state index contributed by atoms with van der Waals surface area (Å²) in [6, 6.07) is 14.1. The van der Waals surface area contributed by atoms with Crippen molar-refractivity contribution in [2.45, 2.75) is 77.6 Å². The van der Waals surface area contributed by atoms with Crippen LogP contribution >= 0.6 is 0 Å². The smallest absolute Gasteiger partial charge is 0.261 e. The van der Waals surface area contributed by atoms with Crippen molar-refractivity contribution >= 4 is 11.6 Å². The summed E-state index contributed by atoms with van der Waals surface area (Å²) < 4.78 is 82.0. The van der Waals surface area contributed by atoms with Gasteiger partial charge in [-0.1, -0.05) is 57.2 Å². The average Bonchev–Trinajstić information content (AvgIpc) is 3.26. The van der Waals surface area contributed by atoms with Gasteiger partial charge in [0.2, 0.25) is 5.82 Å². The number of rotatable bonds is 7. The van der Waals surface area contributed by atoms with Crippen LogP contribution in [0.25, 0.3) is 0 Å². The van der Waals surface area contributed by atoms with Crippen molar-refractivity contribution in [1.82, 2.24) is 4.90 Å². The molecule has 11 heteroatoms. The summed E-state index contributed by atoms with van der Waals surface area (Å²) in [6.07, 6.45) is 2.83. The third-order valence-corrected chi connectivity index (χ3v) is 9.45. The summed E-state index contributed by atoms with van der Waals surface area (Å²) in [7, 11) is 0. The molecule has 1 saturated carbocycles. The molecule has 1 amide bonds. The number of aliphatic hydroxyl groups is 1. The number of nitrogens with zero attached hydrogens (tertiary/aromatic N) is 1. The Hall–Kier alpha value is -3.38. The van der Waals surface area contributed by atoms with Crippen molar-refractivity contribution in [2.24, 2.45) is 10.8 Å². The molecule has 2 heterocycles. The number of nitrogens with one attached hydrogen (secondary N) is 1. The molecule has 5 atom stereocenters. The number of anilines is 1. The lowest BCUT2D eigenvalue weighted by Crippen LogP contribution is -2.42. The first-order chi connectivity index (χ1) is 21.8. The van der Waals surface area contributed by atoms with Gasteiger partial charge in [0, 0.05) is 36.8 Å². The van der Waals surface area contributed by atoms with Gasteiger partial charge in [0.1, 0.15) is 5.56 Å². The predicted octanol–water partition coefficient (Wildman–Crippen LogP) is 7.57. The number of halogens is 5. The lowest BCUT2D eigenvalue weighted by molar-refractivity contribution is -0.253. The van der Waals surface area contributed by atoms with Crippen LogP contribution in [0.3, 0.4) is 0 Å². The Morgan fingerprint density at radius 3 is 2.11 bits per heavy atom. The molecule has 2 bridgehead atoms. The summed E-state index contributed by atoms with van der Waals surface area (Å²) >= 11 is 0. The third kappa shape index (κ3) is 6.43. The molecular weight excluding hydrogens is 607 g/mol. The Morgan fingerprint density at radius 1 is 0.870 bits per heavy atom. The van der Waals surface area contributed by atoms with Gasteiger partial charge in [-0.15, -0.1) is 0 Å². The highest BCUT2D eigenvalue weighted by atomic mass is 19.2. The molecule has 6 rings (SSSR count). The zero-order valence-corrected chi connectivity index (χ0v) is 25.9. The number of fused-ring (bicyclic) bond motifs is 2. The van der Waals surface area contributed by atoms with Crippen LogP contribution in [-0.2, 0) is 16.1 Å². The van der Waals surface area contributed by atoms with E-state index in [0.717, 1.165) is 37.1 Å². The van der Waals surface area contributed by atoms with Crippen LogP contribution in [0.5, 0.6) is 0 Å².